The van der Waals surface area contributed by atoms with Gasteiger partial charge in [0.2, 0.25) is 5.95 Å². The molecule has 0 N–H and O–H groups in total. The van der Waals surface area contributed by atoms with Gasteiger partial charge in [0.15, 0.2) is 0 Å². The Bertz CT molecular complexity index is 468. The molecule has 2 aromatic rings. The first-order chi connectivity index (χ1) is 7.66. The summed E-state index contributed by atoms with van der Waals surface area (Å²) in [7, 11) is 1.86. The van der Waals surface area contributed by atoms with Crippen LogP contribution in [-0.2, 0) is 0 Å². The molecule has 82 valence electrons. The lowest BCUT2D eigenvalue weighted by Gasteiger charge is -2.16. The van der Waals surface area contributed by atoms with Crippen LogP contribution in [0, 0.1) is 0 Å². The molecule has 0 spiro atoms. The highest BCUT2D eigenvalue weighted by Crippen LogP contribution is 2.22. The van der Waals surface area contributed by atoms with Crippen LogP contribution < -0.4 is 4.90 Å². The number of hydrogen-bond donors (Lipinski definition) is 0. The van der Waals surface area contributed by atoms with Crippen molar-refractivity contribution < 1.29 is 0 Å². The van der Waals surface area contributed by atoms with Crippen molar-refractivity contribution >= 4 is 34.8 Å². The maximum Gasteiger partial charge on any atom is 0.232 e. The van der Waals surface area contributed by atoms with Gasteiger partial charge in [-0.15, -0.1) is 0 Å². The van der Waals surface area contributed by atoms with E-state index in [9.17, 15) is 0 Å². The molecular formula is C11H9Cl2N3. The Kier molecular flexibility index (Phi) is 3.27. The van der Waals surface area contributed by atoms with Gasteiger partial charge in [0, 0.05) is 18.8 Å². The Morgan fingerprint density at radius 3 is 2.12 bits per heavy atom. The summed E-state index contributed by atoms with van der Waals surface area (Å²) in [5, 5.41) is 0.663. The van der Waals surface area contributed by atoms with E-state index in [-0.39, 0.29) is 0 Å². The molecule has 1 heterocycles. The highest BCUT2D eigenvalue weighted by Gasteiger charge is 2.08. The minimum absolute atomic E-state index is 0.331. The highest BCUT2D eigenvalue weighted by molar-refractivity contribution is 6.33. The zero-order chi connectivity index (χ0) is 11.5. The van der Waals surface area contributed by atoms with Gasteiger partial charge >= 0.3 is 0 Å². The van der Waals surface area contributed by atoms with Crippen molar-refractivity contribution in [3.8, 4) is 0 Å². The van der Waals surface area contributed by atoms with Crippen LogP contribution in [0.15, 0.2) is 36.4 Å². The van der Waals surface area contributed by atoms with Crippen molar-refractivity contribution in [2.24, 2.45) is 0 Å². The number of hydrogen-bond acceptors (Lipinski definition) is 3. The third-order valence-electron chi connectivity index (χ3n) is 2.10. The van der Waals surface area contributed by atoms with Gasteiger partial charge in [-0.1, -0.05) is 41.4 Å². The predicted octanol–water partition coefficient (Wildman–Crippen LogP) is 3.55. The molecule has 0 bridgehead atoms. The molecule has 0 saturated carbocycles. The fraction of sp³-hybridized carbons (Fsp3) is 0.0909. The van der Waals surface area contributed by atoms with Gasteiger partial charge in [-0.3, -0.25) is 0 Å². The molecule has 1 aromatic carbocycles. The number of rotatable bonds is 2. The van der Waals surface area contributed by atoms with Crippen molar-refractivity contribution in [2.75, 3.05) is 11.9 Å². The second-order valence-electron chi connectivity index (χ2n) is 3.21. The summed E-state index contributed by atoms with van der Waals surface area (Å²) in [5.74, 6) is 0.476. The average molecular weight is 254 g/mol. The third kappa shape index (κ3) is 2.43. The minimum Gasteiger partial charge on any atom is -0.314 e. The smallest absolute Gasteiger partial charge is 0.232 e. The SMILES string of the molecule is CN(c1ccccc1)c1nc(Cl)cc(Cl)n1. The van der Waals surface area contributed by atoms with Crippen molar-refractivity contribution in [1.82, 2.24) is 9.97 Å². The number of nitrogens with zero attached hydrogens (tertiary/aromatic N) is 3. The van der Waals surface area contributed by atoms with E-state index >= 15 is 0 Å². The van der Waals surface area contributed by atoms with Crippen LogP contribution in [-0.4, -0.2) is 17.0 Å². The molecule has 0 atom stereocenters. The Labute approximate surface area is 104 Å². The quantitative estimate of drug-likeness (QED) is 0.767. The summed E-state index contributed by atoms with van der Waals surface area (Å²) in [6.45, 7) is 0. The van der Waals surface area contributed by atoms with Gasteiger partial charge in [0.1, 0.15) is 10.3 Å². The zero-order valence-electron chi connectivity index (χ0n) is 8.56. The average Bonchev–Trinajstić information content (AvgIpc) is 2.28. The molecule has 5 heteroatoms. The second-order valence-corrected chi connectivity index (χ2v) is 3.98. The summed E-state index contributed by atoms with van der Waals surface area (Å²) in [4.78, 5) is 10.0. The number of halogens is 2. The molecule has 0 saturated heterocycles. The van der Waals surface area contributed by atoms with Crippen LogP contribution in [0.1, 0.15) is 0 Å². The lowest BCUT2D eigenvalue weighted by Crippen LogP contribution is -2.12. The maximum atomic E-state index is 5.82. The predicted molar refractivity (Wildman–Crippen MR) is 66.6 cm³/mol. The number of benzene rings is 1. The molecule has 1 aromatic heterocycles. The van der Waals surface area contributed by atoms with E-state index in [1.807, 2.05) is 42.3 Å². The molecular weight excluding hydrogens is 245 g/mol. The molecule has 0 fully saturated rings. The van der Waals surface area contributed by atoms with Crippen molar-refractivity contribution in [2.45, 2.75) is 0 Å². The van der Waals surface area contributed by atoms with Crippen LogP contribution in [0.4, 0.5) is 11.6 Å². The molecule has 16 heavy (non-hydrogen) atoms. The first-order valence-corrected chi connectivity index (χ1v) is 5.41. The van der Waals surface area contributed by atoms with Crippen LogP contribution in [0.5, 0.6) is 0 Å². The molecule has 0 aliphatic rings. The number of aromatic nitrogens is 2. The Morgan fingerprint density at radius 2 is 1.56 bits per heavy atom. The first kappa shape index (κ1) is 11.2. The van der Waals surface area contributed by atoms with E-state index in [1.54, 1.807) is 0 Å². The van der Waals surface area contributed by atoms with E-state index in [4.69, 9.17) is 23.2 Å². The maximum absolute atomic E-state index is 5.82. The molecule has 0 unspecified atom stereocenters. The molecule has 0 radical (unpaired) electrons. The van der Waals surface area contributed by atoms with E-state index in [0.717, 1.165) is 5.69 Å². The third-order valence-corrected chi connectivity index (χ3v) is 2.48. The van der Waals surface area contributed by atoms with Crippen LogP contribution in [0.3, 0.4) is 0 Å². The van der Waals surface area contributed by atoms with E-state index in [2.05, 4.69) is 9.97 Å². The standard InChI is InChI=1S/C11H9Cl2N3/c1-16(8-5-3-2-4-6-8)11-14-9(12)7-10(13)15-11/h2-7H,1H3. The van der Waals surface area contributed by atoms with Crippen LogP contribution in [0.25, 0.3) is 0 Å². The lowest BCUT2D eigenvalue weighted by molar-refractivity contribution is 1.04. The molecule has 0 aliphatic heterocycles. The summed E-state index contributed by atoms with van der Waals surface area (Å²) < 4.78 is 0. The molecule has 2 rings (SSSR count). The topological polar surface area (TPSA) is 29.0 Å². The first-order valence-electron chi connectivity index (χ1n) is 4.65. The van der Waals surface area contributed by atoms with Crippen LogP contribution >= 0.6 is 23.2 Å². The van der Waals surface area contributed by atoms with Gasteiger partial charge in [0.25, 0.3) is 0 Å². The summed E-state index contributed by atoms with van der Waals surface area (Å²) >= 11 is 11.6. The number of anilines is 2. The van der Waals surface area contributed by atoms with Crippen molar-refractivity contribution in [3.63, 3.8) is 0 Å². The van der Waals surface area contributed by atoms with E-state index in [0.29, 0.717) is 16.3 Å². The van der Waals surface area contributed by atoms with Gasteiger partial charge in [-0.25, -0.2) is 9.97 Å². The van der Waals surface area contributed by atoms with Crippen molar-refractivity contribution in [1.29, 1.82) is 0 Å². The number of para-hydroxylation sites is 1. The van der Waals surface area contributed by atoms with Gasteiger partial charge in [0.05, 0.1) is 0 Å². The summed E-state index contributed by atoms with van der Waals surface area (Å²) in [5.41, 5.74) is 0.973. The normalized spacial score (nSPS) is 10.2. The Morgan fingerprint density at radius 1 is 1.00 bits per heavy atom. The molecule has 3 nitrogen and oxygen atoms in total. The lowest BCUT2D eigenvalue weighted by atomic mass is 10.3. The molecule has 0 aliphatic carbocycles. The summed E-state index contributed by atoms with van der Waals surface area (Å²) in [6, 6.07) is 11.3. The van der Waals surface area contributed by atoms with Gasteiger partial charge < -0.3 is 4.90 Å². The Balaban J connectivity index is 2.37. The summed E-state index contributed by atoms with van der Waals surface area (Å²) in [6.07, 6.45) is 0. The Hall–Kier alpha value is -1.32. The molecule has 0 amide bonds. The van der Waals surface area contributed by atoms with Gasteiger partial charge in [-0.05, 0) is 12.1 Å². The fourth-order valence-corrected chi connectivity index (χ4v) is 1.71. The second kappa shape index (κ2) is 4.68. The fourth-order valence-electron chi connectivity index (χ4n) is 1.30. The zero-order valence-corrected chi connectivity index (χ0v) is 10.1. The van der Waals surface area contributed by atoms with E-state index in [1.165, 1.54) is 6.07 Å². The monoisotopic (exact) mass is 253 g/mol. The van der Waals surface area contributed by atoms with E-state index < -0.39 is 0 Å². The largest absolute Gasteiger partial charge is 0.314 e. The van der Waals surface area contributed by atoms with Crippen molar-refractivity contribution in [3.05, 3.63) is 46.7 Å². The van der Waals surface area contributed by atoms with Gasteiger partial charge in [-0.2, -0.15) is 0 Å². The minimum atomic E-state index is 0.331. The highest BCUT2D eigenvalue weighted by atomic mass is 35.5. The van der Waals surface area contributed by atoms with Crippen LogP contribution in [0.2, 0.25) is 10.3 Å².